The molecule has 0 spiro atoms. The molecule has 1 atom stereocenters. The van der Waals surface area contributed by atoms with Crippen LogP contribution in [0.25, 0.3) is 0 Å². The quantitative estimate of drug-likeness (QED) is 0.880. The summed E-state index contributed by atoms with van der Waals surface area (Å²) < 4.78 is 22.5. The first-order valence-electron chi connectivity index (χ1n) is 6.95. The minimum absolute atomic E-state index is 0.0510. The number of aromatic amines is 1. The van der Waals surface area contributed by atoms with Gasteiger partial charge < -0.3 is 9.88 Å². The summed E-state index contributed by atoms with van der Waals surface area (Å²) in [6.45, 7) is 2.83. The van der Waals surface area contributed by atoms with Crippen LogP contribution in [0.2, 0.25) is 0 Å². The molecule has 0 saturated carbocycles. The van der Waals surface area contributed by atoms with Gasteiger partial charge in [0.15, 0.2) is 0 Å². The fraction of sp³-hybridized carbons (Fsp3) is 0.615. The Bertz CT molecular complexity index is 577. The Morgan fingerprint density at radius 1 is 1.50 bits per heavy atom. The summed E-state index contributed by atoms with van der Waals surface area (Å²) in [7, 11) is -3.77. The molecule has 1 aromatic heterocycles. The maximum atomic E-state index is 12.5. The maximum Gasteiger partial charge on any atom is 0.270 e. The Balaban J connectivity index is 2.19. The number of nitrogens with two attached hydrogens (primary N) is 1. The highest BCUT2D eigenvalue weighted by molar-refractivity contribution is 7.89. The molecule has 112 valence electrons. The molecule has 20 heavy (non-hydrogen) atoms. The van der Waals surface area contributed by atoms with Gasteiger partial charge in [-0.3, -0.25) is 4.79 Å². The van der Waals surface area contributed by atoms with E-state index in [9.17, 15) is 13.2 Å². The number of sulfonamides is 1. The second-order valence-electron chi connectivity index (χ2n) is 5.23. The van der Waals surface area contributed by atoms with Crippen molar-refractivity contribution in [3.05, 3.63) is 18.0 Å². The molecule has 1 aliphatic heterocycles. The van der Waals surface area contributed by atoms with E-state index in [1.54, 1.807) is 0 Å². The van der Waals surface area contributed by atoms with Crippen molar-refractivity contribution in [1.29, 1.82) is 0 Å². The van der Waals surface area contributed by atoms with Crippen LogP contribution in [-0.4, -0.2) is 36.8 Å². The van der Waals surface area contributed by atoms with Crippen molar-refractivity contribution >= 4 is 15.9 Å². The van der Waals surface area contributed by atoms with Crippen molar-refractivity contribution in [2.24, 2.45) is 5.14 Å². The van der Waals surface area contributed by atoms with Gasteiger partial charge in [-0.2, -0.15) is 0 Å². The summed E-state index contributed by atoms with van der Waals surface area (Å²) in [6, 6.07) is 1.57. The van der Waals surface area contributed by atoms with Crippen LogP contribution in [0.4, 0.5) is 0 Å². The van der Waals surface area contributed by atoms with Gasteiger partial charge in [-0.05, 0) is 31.7 Å². The summed E-state index contributed by atoms with van der Waals surface area (Å²) in [5.41, 5.74) is 0.289. The molecule has 1 aliphatic rings. The number of piperidine rings is 1. The summed E-state index contributed by atoms with van der Waals surface area (Å²) in [5, 5.41) is 5.05. The minimum Gasteiger partial charge on any atom is -0.356 e. The number of aromatic nitrogens is 1. The Morgan fingerprint density at radius 3 is 2.85 bits per heavy atom. The summed E-state index contributed by atoms with van der Waals surface area (Å²) in [5.74, 6) is -0.141. The van der Waals surface area contributed by atoms with Crippen LogP contribution in [0.1, 0.15) is 49.5 Å². The largest absolute Gasteiger partial charge is 0.356 e. The fourth-order valence-corrected chi connectivity index (χ4v) is 3.22. The van der Waals surface area contributed by atoms with Crippen molar-refractivity contribution in [3.8, 4) is 0 Å². The van der Waals surface area contributed by atoms with Gasteiger partial charge >= 0.3 is 0 Å². The van der Waals surface area contributed by atoms with E-state index < -0.39 is 10.0 Å². The second kappa shape index (κ2) is 5.97. The van der Waals surface area contributed by atoms with E-state index in [1.807, 2.05) is 4.90 Å². The Morgan fingerprint density at radius 2 is 2.25 bits per heavy atom. The Hall–Kier alpha value is -1.34. The van der Waals surface area contributed by atoms with E-state index in [1.165, 1.54) is 12.3 Å². The molecule has 2 heterocycles. The summed E-state index contributed by atoms with van der Waals surface area (Å²) in [4.78, 5) is 17.0. The first-order valence-corrected chi connectivity index (χ1v) is 8.50. The normalized spacial score (nSPS) is 20.1. The van der Waals surface area contributed by atoms with Crippen molar-refractivity contribution in [2.75, 3.05) is 6.54 Å². The third-order valence-electron chi connectivity index (χ3n) is 3.73. The standard InChI is InChI=1S/C13H21N3O3S/c1-2-5-10-6-3-4-7-16(10)13(17)12-8-11(9-15-12)20(14,18)19/h8-10,15H,2-7H2,1H3,(H2,14,18,19). The first-order chi connectivity index (χ1) is 9.43. The molecule has 3 N–H and O–H groups in total. The number of hydrogen-bond donors (Lipinski definition) is 2. The molecule has 0 bridgehead atoms. The number of nitrogens with one attached hydrogen (secondary N) is 1. The minimum atomic E-state index is -3.77. The molecule has 1 saturated heterocycles. The van der Waals surface area contributed by atoms with Crippen molar-refractivity contribution in [2.45, 2.75) is 50.0 Å². The molecule has 1 aromatic rings. The zero-order valence-electron chi connectivity index (χ0n) is 11.6. The average Bonchev–Trinajstić information content (AvgIpc) is 2.88. The van der Waals surface area contributed by atoms with Gasteiger partial charge in [-0.15, -0.1) is 0 Å². The van der Waals surface area contributed by atoms with Crippen LogP contribution >= 0.6 is 0 Å². The van der Waals surface area contributed by atoms with Crippen LogP contribution in [0, 0.1) is 0 Å². The van der Waals surface area contributed by atoms with E-state index in [0.29, 0.717) is 0 Å². The third-order valence-corrected chi connectivity index (χ3v) is 4.62. The molecule has 1 unspecified atom stereocenters. The van der Waals surface area contributed by atoms with Gasteiger partial charge in [-0.25, -0.2) is 13.6 Å². The fourth-order valence-electron chi connectivity index (χ4n) is 2.72. The van der Waals surface area contributed by atoms with Gasteiger partial charge in [-0.1, -0.05) is 13.3 Å². The van der Waals surface area contributed by atoms with Gasteiger partial charge in [0.1, 0.15) is 5.69 Å². The lowest BCUT2D eigenvalue weighted by molar-refractivity contribution is 0.0595. The number of likely N-dealkylation sites (tertiary alicyclic amines) is 1. The zero-order chi connectivity index (χ0) is 14.8. The van der Waals surface area contributed by atoms with Crippen molar-refractivity contribution in [3.63, 3.8) is 0 Å². The van der Waals surface area contributed by atoms with Gasteiger partial charge in [0.2, 0.25) is 10.0 Å². The first kappa shape index (κ1) is 15.1. The summed E-state index contributed by atoms with van der Waals surface area (Å²) in [6.07, 6.45) is 6.43. The molecule has 0 aliphatic carbocycles. The highest BCUT2D eigenvalue weighted by Crippen LogP contribution is 2.23. The smallest absolute Gasteiger partial charge is 0.270 e. The van der Waals surface area contributed by atoms with Crippen LogP contribution in [0.5, 0.6) is 0 Å². The number of hydrogen-bond acceptors (Lipinski definition) is 3. The number of nitrogens with zero attached hydrogens (tertiary/aromatic N) is 1. The van der Waals surface area contributed by atoms with E-state index in [2.05, 4.69) is 11.9 Å². The molecule has 0 radical (unpaired) electrons. The lowest BCUT2D eigenvalue weighted by Crippen LogP contribution is -2.43. The van der Waals surface area contributed by atoms with Gasteiger partial charge in [0.05, 0.1) is 4.90 Å². The van der Waals surface area contributed by atoms with E-state index in [0.717, 1.165) is 38.6 Å². The molecule has 7 heteroatoms. The van der Waals surface area contributed by atoms with Gasteiger partial charge in [0.25, 0.3) is 5.91 Å². The number of amides is 1. The number of primary sulfonamides is 1. The zero-order valence-corrected chi connectivity index (χ0v) is 12.4. The van der Waals surface area contributed by atoms with E-state index in [-0.39, 0.29) is 22.5 Å². The predicted octanol–water partition coefficient (Wildman–Crippen LogP) is 1.46. The van der Waals surface area contributed by atoms with Crippen molar-refractivity contribution in [1.82, 2.24) is 9.88 Å². The van der Waals surface area contributed by atoms with Crippen LogP contribution < -0.4 is 5.14 Å². The topological polar surface area (TPSA) is 96.3 Å². The number of rotatable bonds is 4. The molecular weight excluding hydrogens is 278 g/mol. The third kappa shape index (κ3) is 3.21. The highest BCUT2D eigenvalue weighted by Gasteiger charge is 2.28. The molecule has 0 aromatic carbocycles. The average molecular weight is 299 g/mol. The van der Waals surface area contributed by atoms with Crippen LogP contribution in [-0.2, 0) is 10.0 Å². The lowest BCUT2D eigenvalue weighted by atomic mass is 9.98. The Kier molecular flexibility index (Phi) is 4.49. The number of carbonyl (C=O) groups is 1. The van der Waals surface area contributed by atoms with Crippen molar-refractivity contribution < 1.29 is 13.2 Å². The number of carbonyl (C=O) groups excluding carboxylic acids is 1. The Labute approximate surface area is 119 Å². The van der Waals surface area contributed by atoms with E-state index in [4.69, 9.17) is 5.14 Å². The molecule has 6 nitrogen and oxygen atoms in total. The highest BCUT2D eigenvalue weighted by atomic mass is 32.2. The molecule has 1 fully saturated rings. The lowest BCUT2D eigenvalue weighted by Gasteiger charge is -2.35. The molecular formula is C13H21N3O3S. The number of H-pyrrole nitrogens is 1. The monoisotopic (exact) mass is 299 g/mol. The molecule has 2 rings (SSSR count). The predicted molar refractivity (Wildman–Crippen MR) is 75.7 cm³/mol. The van der Waals surface area contributed by atoms with Crippen LogP contribution in [0.3, 0.4) is 0 Å². The SMILES string of the molecule is CCCC1CCCCN1C(=O)c1cc(S(N)(=O)=O)c[nH]1. The summed E-state index contributed by atoms with van der Waals surface area (Å²) >= 11 is 0. The van der Waals surface area contributed by atoms with Gasteiger partial charge in [0, 0.05) is 18.8 Å². The van der Waals surface area contributed by atoms with Crippen LogP contribution in [0.15, 0.2) is 17.2 Å². The second-order valence-corrected chi connectivity index (χ2v) is 6.79. The molecule has 1 amide bonds. The maximum absolute atomic E-state index is 12.5. The van der Waals surface area contributed by atoms with E-state index >= 15 is 0 Å².